The van der Waals surface area contributed by atoms with E-state index >= 15 is 0 Å². The molecule has 0 saturated carbocycles. The van der Waals surface area contributed by atoms with E-state index in [2.05, 4.69) is 58.4 Å². The first-order valence-electron chi connectivity index (χ1n) is 10.6. The van der Waals surface area contributed by atoms with Crippen LogP contribution in [0.1, 0.15) is 48.1 Å². The van der Waals surface area contributed by atoms with E-state index in [1.807, 2.05) is 19.1 Å². The molecule has 154 valence electrons. The highest BCUT2D eigenvalue weighted by Crippen LogP contribution is 2.35. The van der Waals surface area contributed by atoms with Crippen molar-refractivity contribution in [2.24, 2.45) is 5.73 Å². The monoisotopic (exact) mass is 399 g/mol. The van der Waals surface area contributed by atoms with Gasteiger partial charge in [-0.2, -0.15) is 5.26 Å². The molecule has 2 heterocycles. The summed E-state index contributed by atoms with van der Waals surface area (Å²) in [5.74, 6) is 0. The minimum Gasteiger partial charge on any atom is -0.401 e. The Hall–Kier alpha value is -3.23. The van der Waals surface area contributed by atoms with Crippen LogP contribution in [-0.2, 0) is 6.42 Å². The van der Waals surface area contributed by atoms with Crippen molar-refractivity contribution >= 4 is 17.0 Å². The van der Waals surface area contributed by atoms with Crippen LogP contribution in [-0.4, -0.2) is 19.6 Å². The average Bonchev–Trinajstić information content (AvgIpc) is 2.95. The highest BCUT2D eigenvalue weighted by Gasteiger charge is 2.23. The minimum atomic E-state index is 0.174. The maximum Gasteiger partial charge on any atom is 0.0669 e. The third-order valence-corrected chi connectivity index (χ3v) is 5.84. The Labute approximate surface area is 178 Å². The Morgan fingerprint density at radius 1 is 1.20 bits per heavy atom. The van der Waals surface area contributed by atoms with Crippen molar-refractivity contribution in [1.29, 1.82) is 5.26 Å². The molecule has 2 aliphatic heterocycles. The van der Waals surface area contributed by atoms with E-state index in [4.69, 9.17) is 11.0 Å². The fraction of sp³-hybridized carbons (Fsp3) is 0.320. The lowest BCUT2D eigenvalue weighted by atomic mass is 9.91. The van der Waals surface area contributed by atoms with E-state index in [1.165, 1.54) is 22.3 Å². The number of nitrogens with one attached hydrogen (secondary N) is 3. The molecule has 5 nitrogen and oxygen atoms in total. The van der Waals surface area contributed by atoms with Gasteiger partial charge in [0.1, 0.15) is 0 Å². The van der Waals surface area contributed by atoms with Crippen LogP contribution in [0.3, 0.4) is 0 Å². The summed E-state index contributed by atoms with van der Waals surface area (Å²) < 4.78 is 0. The molecule has 1 unspecified atom stereocenters. The van der Waals surface area contributed by atoms with Crippen LogP contribution >= 0.6 is 0 Å². The Bertz CT molecular complexity index is 1010. The molecule has 0 spiro atoms. The molecule has 0 saturated heterocycles. The van der Waals surface area contributed by atoms with Crippen LogP contribution in [0.5, 0.6) is 0 Å². The summed E-state index contributed by atoms with van der Waals surface area (Å²) in [5.41, 5.74) is 15.3. The number of hydrogen-bond acceptors (Lipinski definition) is 5. The molecule has 0 radical (unpaired) electrons. The quantitative estimate of drug-likeness (QED) is 0.626. The molecule has 4 rings (SSSR count). The first-order chi connectivity index (χ1) is 14.7. The van der Waals surface area contributed by atoms with E-state index < -0.39 is 0 Å². The van der Waals surface area contributed by atoms with Gasteiger partial charge in [0.05, 0.1) is 24.2 Å². The molecule has 0 amide bonds. The first-order valence-corrected chi connectivity index (χ1v) is 10.6. The van der Waals surface area contributed by atoms with E-state index in [0.29, 0.717) is 6.42 Å². The van der Waals surface area contributed by atoms with Crippen LogP contribution in [0.4, 0.5) is 5.69 Å². The second-order valence-corrected chi connectivity index (χ2v) is 7.99. The summed E-state index contributed by atoms with van der Waals surface area (Å²) in [6, 6.07) is 17.3. The lowest BCUT2D eigenvalue weighted by molar-refractivity contribution is 0.682. The van der Waals surface area contributed by atoms with Crippen molar-refractivity contribution in [3.63, 3.8) is 0 Å². The van der Waals surface area contributed by atoms with E-state index in [9.17, 15) is 0 Å². The topological polar surface area (TPSA) is 85.9 Å². The predicted molar refractivity (Wildman–Crippen MR) is 123 cm³/mol. The SMILES string of the molecule is C/C(N)=C1/NCCC(Nc2ccc(CC#N)cc2)c2cc(C3=CCNCC3)ccc21. The van der Waals surface area contributed by atoms with Gasteiger partial charge in [0.15, 0.2) is 0 Å². The molecule has 30 heavy (non-hydrogen) atoms. The van der Waals surface area contributed by atoms with E-state index in [0.717, 1.165) is 55.1 Å². The van der Waals surface area contributed by atoms with Crippen LogP contribution in [0.15, 0.2) is 54.2 Å². The van der Waals surface area contributed by atoms with Crippen molar-refractivity contribution in [3.05, 3.63) is 76.5 Å². The predicted octanol–water partition coefficient (Wildman–Crippen LogP) is 3.92. The molecular weight excluding hydrogens is 370 g/mol. The van der Waals surface area contributed by atoms with Gasteiger partial charge in [-0.1, -0.05) is 30.3 Å². The fourth-order valence-corrected chi connectivity index (χ4v) is 4.27. The molecule has 0 bridgehead atoms. The molecule has 0 aliphatic carbocycles. The molecule has 2 aliphatic rings. The Morgan fingerprint density at radius 3 is 2.73 bits per heavy atom. The van der Waals surface area contributed by atoms with Gasteiger partial charge in [0.2, 0.25) is 0 Å². The lowest BCUT2D eigenvalue weighted by Gasteiger charge is -2.23. The van der Waals surface area contributed by atoms with Crippen LogP contribution in [0.2, 0.25) is 0 Å². The highest BCUT2D eigenvalue weighted by molar-refractivity contribution is 5.75. The first kappa shape index (κ1) is 20.1. The summed E-state index contributed by atoms with van der Waals surface area (Å²) in [7, 11) is 0. The Balaban J connectivity index is 1.71. The number of allylic oxidation sites excluding steroid dienone is 1. The second-order valence-electron chi connectivity index (χ2n) is 7.99. The smallest absolute Gasteiger partial charge is 0.0669 e. The second kappa shape index (κ2) is 9.06. The zero-order chi connectivity index (χ0) is 20.9. The number of nitrogens with zero attached hydrogens (tertiary/aromatic N) is 1. The number of rotatable bonds is 4. The van der Waals surface area contributed by atoms with Gasteiger partial charge >= 0.3 is 0 Å². The molecule has 2 aromatic rings. The number of fused-ring (bicyclic) bond motifs is 1. The van der Waals surface area contributed by atoms with Crippen molar-refractivity contribution in [2.45, 2.75) is 32.2 Å². The number of anilines is 1. The van der Waals surface area contributed by atoms with Crippen molar-refractivity contribution in [1.82, 2.24) is 10.6 Å². The summed E-state index contributed by atoms with van der Waals surface area (Å²) >= 11 is 0. The standard InChI is InChI=1S/C25H29N5/c1-17(27)25-22-7-4-20(19-9-13-28-14-10-19)16-23(22)24(11-15-29-25)30-21-5-2-18(3-6-21)8-12-26/h2-7,9,16,24,28-30H,8,10-11,13-15,27H2,1H3/b25-17-. The summed E-state index contributed by atoms with van der Waals surface area (Å²) in [5, 5.41) is 19.5. The van der Waals surface area contributed by atoms with Gasteiger partial charge < -0.3 is 21.7 Å². The largest absolute Gasteiger partial charge is 0.401 e. The lowest BCUT2D eigenvalue weighted by Crippen LogP contribution is -2.20. The molecule has 5 N–H and O–H groups in total. The Kier molecular flexibility index (Phi) is 6.06. The molecule has 1 atom stereocenters. The minimum absolute atomic E-state index is 0.174. The third-order valence-electron chi connectivity index (χ3n) is 5.84. The zero-order valence-electron chi connectivity index (χ0n) is 17.5. The van der Waals surface area contributed by atoms with Gasteiger partial charge in [-0.05, 0) is 66.8 Å². The fourth-order valence-electron chi connectivity index (χ4n) is 4.27. The third kappa shape index (κ3) is 4.34. The number of benzene rings is 2. The van der Waals surface area contributed by atoms with E-state index in [-0.39, 0.29) is 6.04 Å². The maximum absolute atomic E-state index is 8.90. The summed E-state index contributed by atoms with van der Waals surface area (Å²) in [4.78, 5) is 0. The van der Waals surface area contributed by atoms with Gasteiger partial charge in [-0.3, -0.25) is 0 Å². The van der Waals surface area contributed by atoms with Crippen molar-refractivity contribution in [2.75, 3.05) is 25.0 Å². The number of nitrogens with two attached hydrogens (primary N) is 1. The number of nitriles is 1. The van der Waals surface area contributed by atoms with E-state index in [1.54, 1.807) is 0 Å². The normalized spacial score (nSPS) is 20.1. The highest BCUT2D eigenvalue weighted by atomic mass is 15.0. The van der Waals surface area contributed by atoms with Crippen molar-refractivity contribution < 1.29 is 0 Å². The summed E-state index contributed by atoms with van der Waals surface area (Å²) in [6.07, 6.45) is 4.73. The average molecular weight is 400 g/mol. The molecular formula is C25H29N5. The molecule has 0 fully saturated rings. The maximum atomic E-state index is 8.90. The molecule has 5 heteroatoms. The molecule has 2 aromatic carbocycles. The van der Waals surface area contributed by atoms with Gasteiger partial charge in [0, 0.05) is 30.0 Å². The van der Waals surface area contributed by atoms with Crippen LogP contribution in [0.25, 0.3) is 11.3 Å². The van der Waals surface area contributed by atoms with Crippen LogP contribution in [0, 0.1) is 11.3 Å². The van der Waals surface area contributed by atoms with Crippen molar-refractivity contribution in [3.8, 4) is 6.07 Å². The zero-order valence-corrected chi connectivity index (χ0v) is 17.5. The summed E-state index contributed by atoms with van der Waals surface area (Å²) in [6.45, 7) is 4.76. The van der Waals surface area contributed by atoms with Gasteiger partial charge in [0.25, 0.3) is 0 Å². The van der Waals surface area contributed by atoms with Gasteiger partial charge in [-0.25, -0.2) is 0 Å². The molecule has 0 aromatic heterocycles. The van der Waals surface area contributed by atoms with Gasteiger partial charge in [-0.15, -0.1) is 0 Å². The van der Waals surface area contributed by atoms with Crippen LogP contribution < -0.4 is 21.7 Å². The Morgan fingerprint density at radius 2 is 2.03 bits per heavy atom. The number of hydrogen-bond donors (Lipinski definition) is 4.